The number of rotatable bonds is 6. The van der Waals surface area contributed by atoms with Crippen molar-refractivity contribution in [2.45, 2.75) is 39.0 Å². The Morgan fingerprint density at radius 2 is 2.26 bits per heavy atom. The lowest BCUT2D eigenvalue weighted by molar-refractivity contribution is -0.132. The first-order valence-electron chi connectivity index (χ1n) is 9.32. The maximum atomic E-state index is 13.1. The molecule has 2 aromatic rings. The van der Waals surface area contributed by atoms with Crippen LogP contribution >= 0.6 is 0 Å². The molecule has 1 aliphatic heterocycles. The molecule has 0 bridgehead atoms. The number of piperidine rings is 1. The zero-order valence-electron chi connectivity index (χ0n) is 15.5. The van der Waals surface area contributed by atoms with Crippen molar-refractivity contribution in [3.05, 3.63) is 47.8 Å². The minimum absolute atomic E-state index is 0.0781. The first-order valence-corrected chi connectivity index (χ1v) is 9.32. The van der Waals surface area contributed by atoms with Crippen LogP contribution in [-0.2, 0) is 16.0 Å². The fraction of sp³-hybridized carbons (Fsp3) is 0.450. The zero-order valence-corrected chi connectivity index (χ0v) is 15.5. The average Bonchev–Trinajstić information content (AvgIpc) is 3.15. The van der Waals surface area contributed by atoms with Gasteiger partial charge < -0.3 is 15.2 Å². The molecule has 0 unspecified atom stereocenters. The second-order valence-electron chi connectivity index (χ2n) is 7.15. The van der Waals surface area contributed by atoms with Crippen molar-refractivity contribution in [2.75, 3.05) is 18.4 Å². The van der Waals surface area contributed by atoms with Gasteiger partial charge in [0, 0.05) is 37.1 Å². The number of anilines is 1. The van der Waals surface area contributed by atoms with E-state index in [0.29, 0.717) is 36.6 Å². The number of hydrogen-bond donors (Lipinski definition) is 2. The summed E-state index contributed by atoms with van der Waals surface area (Å²) in [4.78, 5) is 33.4. The predicted molar refractivity (Wildman–Crippen MR) is 101 cm³/mol. The monoisotopic (exact) mass is 372 g/mol. The molecule has 0 saturated carbocycles. The van der Waals surface area contributed by atoms with E-state index in [1.807, 2.05) is 4.90 Å². The van der Waals surface area contributed by atoms with E-state index in [-0.39, 0.29) is 17.6 Å². The maximum absolute atomic E-state index is 13.1. The molecule has 0 radical (unpaired) electrons. The quantitative estimate of drug-likeness (QED) is 0.818. The number of carbonyl (C=O) groups is 2. The number of nitrogens with one attached hydrogen (secondary N) is 2. The van der Waals surface area contributed by atoms with Crippen molar-refractivity contribution in [3.8, 4) is 0 Å². The van der Waals surface area contributed by atoms with E-state index in [1.54, 1.807) is 25.5 Å². The van der Waals surface area contributed by atoms with Crippen molar-refractivity contribution in [3.63, 3.8) is 0 Å². The van der Waals surface area contributed by atoms with Crippen LogP contribution in [0.5, 0.6) is 0 Å². The molecule has 2 heterocycles. The Kier molecular flexibility index (Phi) is 6.21. The third-order valence-electron chi connectivity index (χ3n) is 5.01. The van der Waals surface area contributed by atoms with Crippen LogP contribution in [0.1, 0.15) is 36.9 Å². The SMILES string of the molecule is Cc1cc(F)ccc1NC(=O)CC[C@@H]1CCCN(C(=O)Cc2cnc[nH]2)C1. The smallest absolute Gasteiger partial charge is 0.228 e. The van der Waals surface area contributed by atoms with Gasteiger partial charge in [-0.15, -0.1) is 0 Å². The minimum Gasteiger partial charge on any atom is -0.348 e. The van der Waals surface area contributed by atoms with Crippen molar-refractivity contribution in [1.29, 1.82) is 0 Å². The topological polar surface area (TPSA) is 78.1 Å². The Morgan fingerprint density at radius 1 is 1.41 bits per heavy atom. The summed E-state index contributed by atoms with van der Waals surface area (Å²) in [6, 6.07) is 4.33. The summed E-state index contributed by atoms with van der Waals surface area (Å²) in [7, 11) is 0. The van der Waals surface area contributed by atoms with E-state index in [2.05, 4.69) is 15.3 Å². The molecular weight excluding hydrogens is 347 g/mol. The zero-order chi connectivity index (χ0) is 19.2. The van der Waals surface area contributed by atoms with Gasteiger partial charge in [-0.3, -0.25) is 9.59 Å². The third kappa shape index (κ3) is 5.39. The van der Waals surface area contributed by atoms with Crippen LogP contribution in [0.2, 0.25) is 0 Å². The summed E-state index contributed by atoms with van der Waals surface area (Å²) in [6.07, 6.45) is 6.68. The molecule has 1 aliphatic rings. The lowest BCUT2D eigenvalue weighted by Gasteiger charge is -2.32. The Hall–Kier alpha value is -2.70. The number of carbonyl (C=O) groups excluding carboxylic acids is 2. The van der Waals surface area contributed by atoms with Crippen molar-refractivity contribution >= 4 is 17.5 Å². The summed E-state index contributed by atoms with van der Waals surface area (Å²) < 4.78 is 13.1. The van der Waals surface area contributed by atoms with Gasteiger partial charge in [-0.25, -0.2) is 9.37 Å². The van der Waals surface area contributed by atoms with E-state index in [4.69, 9.17) is 0 Å². The lowest BCUT2D eigenvalue weighted by Crippen LogP contribution is -2.41. The number of amides is 2. The number of aromatic amines is 1. The van der Waals surface area contributed by atoms with Crippen LogP contribution < -0.4 is 5.32 Å². The molecule has 2 N–H and O–H groups in total. The predicted octanol–water partition coefficient (Wildman–Crippen LogP) is 3.06. The first-order chi connectivity index (χ1) is 13.0. The number of halogens is 1. The van der Waals surface area contributed by atoms with E-state index in [0.717, 1.165) is 31.5 Å². The normalized spacial score (nSPS) is 17.0. The minimum atomic E-state index is -0.312. The van der Waals surface area contributed by atoms with Crippen molar-refractivity contribution in [2.24, 2.45) is 5.92 Å². The summed E-state index contributed by atoms with van der Waals surface area (Å²) in [5.41, 5.74) is 2.16. The van der Waals surface area contributed by atoms with Gasteiger partial charge in [-0.05, 0) is 55.9 Å². The summed E-state index contributed by atoms with van der Waals surface area (Å²) >= 11 is 0. The number of hydrogen-bond acceptors (Lipinski definition) is 3. The Morgan fingerprint density at radius 3 is 3.00 bits per heavy atom. The van der Waals surface area contributed by atoms with E-state index < -0.39 is 0 Å². The van der Waals surface area contributed by atoms with E-state index in [1.165, 1.54) is 12.1 Å². The van der Waals surface area contributed by atoms with Crippen LogP contribution in [-0.4, -0.2) is 39.8 Å². The van der Waals surface area contributed by atoms with E-state index in [9.17, 15) is 14.0 Å². The second-order valence-corrected chi connectivity index (χ2v) is 7.15. The number of aryl methyl sites for hydroxylation is 1. The highest BCUT2D eigenvalue weighted by Gasteiger charge is 2.24. The Bertz CT molecular complexity index is 791. The summed E-state index contributed by atoms with van der Waals surface area (Å²) in [5.74, 6) is 0.0260. The molecule has 27 heavy (non-hydrogen) atoms. The average molecular weight is 372 g/mol. The number of H-pyrrole nitrogens is 1. The number of imidazole rings is 1. The van der Waals surface area contributed by atoms with Gasteiger partial charge in [-0.2, -0.15) is 0 Å². The molecule has 1 fully saturated rings. The fourth-order valence-corrected chi connectivity index (χ4v) is 3.50. The van der Waals surface area contributed by atoms with Crippen LogP contribution in [0, 0.1) is 18.7 Å². The van der Waals surface area contributed by atoms with E-state index >= 15 is 0 Å². The maximum Gasteiger partial charge on any atom is 0.228 e. The fourth-order valence-electron chi connectivity index (χ4n) is 3.50. The highest BCUT2D eigenvalue weighted by atomic mass is 19.1. The number of aromatic nitrogens is 2. The van der Waals surface area contributed by atoms with Gasteiger partial charge >= 0.3 is 0 Å². The molecular formula is C20H25FN4O2. The molecule has 1 aromatic heterocycles. The van der Waals surface area contributed by atoms with Crippen molar-refractivity contribution < 1.29 is 14.0 Å². The van der Waals surface area contributed by atoms with Gasteiger partial charge in [-0.1, -0.05) is 0 Å². The van der Waals surface area contributed by atoms with Gasteiger partial charge in [0.1, 0.15) is 5.82 Å². The highest BCUT2D eigenvalue weighted by molar-refractivity contribution is 5.91. The van der Waals surface area contributed by atoms with Gasteiger partial charge in [0.2, 0.25) is 11.8 Å². The van der Waals surface area contributed by atoms with Crippen molar-refractivity contribution in [1.82, 2.24) is 14.9 Å². The third-order valence-corrected chi connectivity index (χ3v) is 5.01. The Labute approximate surface area is 158 Å². The highest BCUT2D eigenvalue weighted by Crippen LogP contribution is 2.22. The molecule has 0 spiro atoms. The summed E-state index contributed by atoms with van der Waals surface area (Å²) in [6.45, 7) is 3.23. The molecule has 3 rings (SSSR count). The van der Waals surface area contributed by atoms with Crippen LogP contribution in [0.3, 0.4) is 0 Å². The lowest BCUT2D eigenvalue weighted by atomic mass is 9.93. The standard InChI is InChI=1S/C20H25FN4O2/c1-14-9-16(21)5-6-18(14)24-19(26)7-4-15-3-2-8-25(12-15)20(27)10-17-11-22-13-23-17/h5-6,9,11,13,15H,2-4,7-8,10,12H2,1H3,(H,22,23)(H,24,26)/t15-/m0/s1. The van der Waals surface area contributed by atoms with Gasteiger partial charge in [0.25, 0.3) is 0 Å². The molecule has 1 atom stereocenters. The summed E-state index contributed by atoms with van der Waals surface area (Å²) in [5, 5.41) is 2.84. The largest absolute Gasteiger partial charge is 0.348 e. The molecule has 1 saturated heterocycles. The molecule has 1 aromatic carbocycles. The first kappa shape index (κ1) is 19.1. The molecule has 144 valence electrons. The van der Waals surface area contributed by atoms with Gasteiger partial charge in [0.05, 0.1) is 12.7 Å². The number of likely N-dealkylation sites (tertiary alicyclic amines) is 1. The van der Waals surface area contributed by atoms with Crippen LogP contribution in [0.15, 0.2) is 30.7 Å². The van der Waals surface area contributed by atoms with Crippen LogP contribution in [0.25, 0.3) is 0 Å². The molecule has 2 amide bonds. The number of nitrogens with zero attached hydrogens (tertiary/aromatic N) is 2. The molecule has 6 nitrogen and oxygen atoms in total. The molecule has 7 heteroatoms. The van der Waals surface area contributed by atoms with Gasteiger partial charge in [0.15, 0.2) is 0 Å². The van der Waals surface area contributed by atoms with Crippen LogP contribution in [0.4, 0.5) is 10.1 Å². The second kappa shape index (κ2) is 8.79. The number of benzene rings is 1. The Balaban J connectivity index is 1.46. The molecule has 0 aliphatic carbocycles.